The number of hydrogen-bond acceptors (Lipinski definition) is 6. The normalized spacial score (nSPS) is 11.4. The van der Waals surface area contributed by atoms with Crippen molar-refractivity contribution in [1.29, 1.82) is 0 Å². The van der Waals surface area contributed by atoms with Crippen LogP contribution in [0.4, 0.5) is 0 Å². The molecule has 0 spiro atoms. The Hall–Kier alpha value is -3.19. The number of aliphatic carboxylic acids is 1. The van der Waals surface area contributed by atoms with E-state index < -0.39 is 5.97 Å². The molecule has 0 radical (unpaired) electrons. The van der Waals surface area contributed by atoms with Gasteiger partial charge in [-0.05, 0) is 47.7 Å². The molecule has 7 heteroatoms. The molecule has 0 aliphatic carbocycles. The molecule has 1 aromatic heterocycles. The number of oxazole rings is 1. The predicted octanol–water partition coefficient (Wildman–Crippen LogP) is 4.62. The molecule has 0 saturated carbocycles. The quantitative estimate of drug-likeness (QED) is 0.345. The molecule has 0 amide bonds. The van der Waals surface area contributed by atoms with E-state index in [-0.39, 0.29) is 10.1 Å². The van der Waals surface area contributed by atoms with Gasteiger partial charge >= 0.3 is 5.97 Å². The fraction of sp³-hybridized carbons (Fsp3) is 0.100. The third kappa shape index (κ3) is 4.51. The molecule has 3 aromatic rings. The lowest BCUT2D eigenvalue weighted by atomic mass is 10.2. The Bertz CT molecular complexity index is 976. The van der Waals surface area contributed by atoms with Crippen LogP contribution in [0.3, 0.4) is 0 Å². The number of para-hydroxylation sites is 2. The highest BCUT2D eigenvalue weighted by molar-refractivity contribution is 8.03. The summed E-state index contributed by atoms with van der Waals surface area (Å²) in [6.45, 7) is 3.95. The molecular weight excluding hydrogens is 366 g/mol. The van der Waals surface area contributed by atoms with Gasteiger partial charge in [-0.3, -0.25) is 0 Å². The van der Waals surface area contributed by atoms with Gasteiger partial charge in [-0.1, -0.05) is 30.9 Å². The second kappa shape index (κ2) is 8.46. The highest BCUT2D eigenvalue weighted by Gasteiger charge is 2.15. The molecule has 1 N–H and O–H groups in total. The highest BCUT2D eigenvalue weighted by Crippen LogP contribution is 2.33. The number of carboxylic acid groups (broad SMARTS) is 1. The summed E-state index contributed by atoms with van der Waals surface area (Å²) in [5.41, 5.74) is 1.93. The molecule has 1 heterocycles. The number of thioether (sulfide) groups is 1. The van der Waals surface area contributed by atoms with E-state index >= 15 is 0 Å². The maximum absolute atomic E-state index is 11.7. The summed E-state index contributed by atoms with van der Waals surface area (Å²) in [6, 6.07) is 12.4. The van der Waals surface area contributed by atoms with Crippen molar-refractivity contribution < 1.29 is 23.8 Å². The van der Waals surface area contributed by atoms with E-state index in [9.17, 15) is 9.90 Å². The minimum absolute atomic E-state index is 0.0726. The minimum atomic E-state index is -1.08. The van der Waals surface area contributed by atoms with Crippen LogP contribution in [-0.2, 0) is 4.79 Å². The van der Waals surface area contributed by atoms with Gasteiger partial charge < -0.3 is 19.0 Å². The van der Waals surface area contributed by atoms with E-state index in [4.69, 9.17) is 13.9 Å². The van der Waals surface area contributed by atoms with E-state index in [2.05, 4.69) is 11.6 Å². The molecule has 0 saturated heterocycles. The number of aromatic nitrogens is 1. The largest absolute Gasteiger partial charge is 0.493 e. The second-order valence-corrected chi connectivity index (χ2v) is 6.37. The summed E-state index contributed by atoms with van der Waals surface area (Å²) in [4.78, 5) is 16.0. The molecule has 3 rings (SSSR count). The number of ether oxygens (including phenoxy) is 2. The summed E-state index contributed by atoms with van der Waals surface area (Å²) in [5, 5.41) is 9.81. The lowest BCUT2D eigenvalue weighted by molar-refractivity contribution is -0.131. The first-order chi connectivity index (χ1) is 13.1. The number of carbonyl (C=O) groups is 1. The number of carboxylic acids is 1. The molecule has 6 nitrogen and oxygen atoms in total. The van der Waals surface area contributed by atoms with Crippen LogP contribution in [0.15, 0.2) is 69.7 Å². The van der Waals surface area contributed by atoms with Crippen LogP contribution >= 0.6 is 11.8 Å². The van der Waals surface area contributed by atoms with Gasteiger partial charge in [0.15, 0.2) is 17.1 Å². The maximum atomic E-state index is 11.7. The third-order valence-electron chi connectivity index (χ3n) is 3.52. The number of rotatable bonds is 8. The third-order valence-corrected chi connectivity index (χ3v) is 4.39. The van der Waals surface area contributed by atoms with Gasteiger partial charge in [0, 0.05) is 0 Å². The Morgan fingerprint density at radius 3 is 2.81 bits per heavy atom. The SMILES string of the molecule is C=CCOc1ccc(/C=C(/Sc2nc3ccccc3o2)C(=O)O)cc1OC. The molecule has 0 atom stereocenters. The van der Waals surface area contributed by atoms with Crippen molar-refractivity contribution in [2.45, 2.75) is 5.22 Å². The molecular formula is C20H17NO5S. The van der Waals surface area contributed by atoms with Crippen molar-refractivity contribution in [3.05, 3.63) is 65.6 Å². The van der Waals surface area contributed by atoms with Crippen molar-refractivity contribution in [1.82, 2.24) is 4.98 Å². The van der Waals surface area contributed by atoms with Crippen LogP contribution in [0.5, 0.6) is 11.5 Å². The van der Waals surface area contributed by atoms with Crippen molar-refractivity contribution >= 4 is 34.9 Å². The first-order valence-electron chi connectivity index (χ1n) is 8.01. The number of nitrogens with zero attached hydrogens (tertiary/aromatic N) is 1. The van der Waals surface area contributed by atoms with Gasteiger partial charge in [-0.15, -0.1) is 0 Å². The van der Waals surface area contributed by atoms with Crippen LogP contribution in [0, 0.1) is 0 Å². The number of hydrogen-bond donors (Lipinski definition) is 1. The average Bonchev–Trinajstić information content (AvgIpc) is 3.08. The van der Waals surface area contributed by atoms with Gasteiger partial charge in [0.25, 0.3) is 5.22 Å². The van der Waals surface area contributed by atoms with E-state index in [1.54, 1.807) is 36.4 Å². The lowest BCUT2D eigenvalue weighted by Gasteiger charge is -2.10. The summed E-state index contributed by atoms with van der Waals surface area (Å²) >= 11 is 0.947. The van der Waals surface area contributed by atoms with Gasteiger partial charge in [0.2, 0.25) is 0 Å². The van der Waals surface area contributed by atoms with Gasteiger partial charge in [0.1, 0.15) is 17.0 Å². The van der Waals surface area contributed by atoms with Gasteiger partial charge in [-0.25, -0.2) is 9.78 Å². The molecule has 0 aliphatic heterocycles. The summed E-state index contributed by atoms with van der Waals surface area (Å²) in [5.74, 6) is -0.0200. The van der Waals surface area contributed by atoms with Gasteiger partial charge in [-0.2, -0.15) is 0 Å². The topological polar surface area (TPSA) is 81.8 Å². The summed E-state index contributed by atoms with van der Waals surface area (Å²) in [7, 11) is 1.52. The van der Waals surface area contributed by atoms with Crippen molar-refractivity contribution in [2.75, 3.05) is 13.7 Å². The minimum Gasteiger partial charge on any atom is -0.493 e. The Morgan fingerprint density at radius 2 is 2.11 bits per heavy atom. The lowest BCUT2D eigenvalue weighted by Crippen LogP contribution is -1.98. The molecule has 27 heavy (non-hydrogen) atoms. The molecule has 0 unspecified atom stereocenters. The fourth-order valence-electron chi connectivity index (χ4n) is 2.32. The fourth-order valence-corrected chi connectivity index (χ4v) is 3.06. The Kier molecular flexibility index (Phi) is 5.83. The molecule has 2 aromatic carbocycles. The smallest absolute Gasteiger partial charge is 0.342 e. The van der Waals surface area contributed by atoms with E-state index in [1.807, 2.05) is 12.1 Å². The van der Waals surface area contributed by atoms with E-state index in [1.165, 1.54) is 13.2 Å². The molecule has 0 bridgehead atoms. The molecule has 138 valence electrons. The van der Waals surface area contributed by atoms with Crippen molar-refractivity contribution in [3.8, 4) is 11.5 Å². The number of benzene rings is 2. The second-order valence-electron chi connectivity index (χ2n) is 5.37. The molecule has 0 aliphatic rings. The van der Waals surface area contributed by atoms with E-state index in [0.717, 1.165) is 11.8 Å². The zero-order valence-electron chi connectivity index (χ0n) is 14.5. The monoisotopic (exact) mass is 383 g/mol. The highest BCUT2D eigenvalue weighted by atomic mass is 32.2. The van der Waals surface area contributed by atoms with Crippen LogP contribution in [-0.4, -0.2) is 29.8 Å². The van der Waals surface area contributed by atoms with Crippen LogP contribution in [0.1, 0.15) is 5.56 Å². The summed E-state index contributed by atoms with van der Waals surface area (Å²) in [6.07, 6.45) is 3.16. The first-order valence-corrected chi connectivity index (χ1v) is 8.82. The van der Waals surface area contributed by atoms with Gasteiger partial charge in [0.05, 0.1) is 7.11 Å². The average molecular weight is 383 g/mol. The van der Waals surface area contributed by atoms with Crippen molar-refractivity contribution in [3.63, 3.8) is 0 Å². The van der Waals surface area contributed by atoms with Crippen LogP contribution in [0.2, 0.25) is 0 Å². The van der Waals surface area contributed by atoms with Crippen LogP contribution < -0.4 is 9.47 Å². The predicted molar refractivity (Wildman–Crippen MR) is 104 cm³/mol. The zero-order valence-corrected chi connectivity index (χ0v) is 15.4. The van der Waals surface area contributed by atoms with Crippen molar-refractivity contribution in [2.24, 2.45) is 0 Å². The zero-order chi connectivity index (χ0) is 19.2. The van der Waals surface area contributed by atoms with E-state index in [0.29, 0.717) is 34.8 Å². The molecule has 0 fully saturated rings. The Morgan fingerprint density at radius 1 is 1.30 bits per heavy atom. The Balaban J connectivity index is 1.88. The summed E-state index contributed by atoms with van der Waals surface area (Å²) < 4.78 is 16.4. The number of fused-ring (bicyclic) bond motifs is 1. The number of methoxy groups -OCH3 is 1. The maximum Gasteiger partial charge on any atom is 0.342 e. The Labute approximate surface area is 160 Å². The standard InChI is InChI=1S/C20H17NO5S/c1-3-10-25-16-9-8-13(11-17(16)24-2)12-18(19(22)23)27-20-21-14-6-4-5-7-15(14)26-20/h3-9,11-12H,1,10H2,2H3,(H,22,23)/b18-12+. The van der Waals surface area contributed by atoms with Crippen LogP contribution in [0.25, 0.3) is 17.2 Å². The first kappa shape index (κ1) is 18.6.